The van der Waals surface area contributed by atoms with Crippen LogP contribution >= 0.6 is 0 Å². The van der Waals surface area contributed by atoms with Crippen LogP contribution in [0, 0.1) is 0 Å². The third-order valence-electron chi connectivity index (χ3n) is 1.58. The quantitative estimate of drug-likeness (QED) is 0.348. The lowest BCUT2D eigenvalue weighted by molar-refractivity contribution is -0.154. The van der Waals surface area contributed by atoms with Crippen LogP contribution in [0.25, 0.3) is 0 Å². The average Bonchev–Trinajstić information content (AvgIpc) is 2.21. The molecule has 16 heavy (non-hydrogen) atoms. The predicted octanol–water partition coefficient (Wildman–Crippen LogP) is 0.0310. The molecule has 0 aliphatic heterocycles. The highest BCUT2D eigenvalue weighted by Gasteiger charge is 2.09. The molecule has 0 fully saturated rings. The normalized spacial score (nSPS) is 9.38. The number of carbonyl (C=O) groups excluding carboxylic acids is 4. The fourth-order valence-corrected chi connectivity index (χ4v) is 0.737. The van der Waals surface area contributed by atoms with Crippen LogP contribution in [0.5, 0.6) is 0 Å². The maximum Gasteiger partial charge on any atom is 0.374 e. The highest BCUT2D eigenvalue weighted by atomic mass is 16.5. The average molecular weight is 230 g/mol. The molecule has 90 valence electrons. The first-order chi connectivity index (χ1) is 7.45. The summed E-state index contributed by atoms with van der Waals surface area (Å²) in [5.41, 5.74) is 0. The molecule has 0 aromatic carbocycles. The van der Waals surface area contributed by atoms with Crippen LogP contribution in [0.4, 0.5) is 0 Å². The van der Waals surface area contributed by atoms with Crippen LogP contribution < -0.4 is 0 Å². The number of ether oxygens (including phenoxy) is 2. The van der Waals surface area contributed by atoms with E-state index in [1.165, 1.54) is 0 Å². The molecule has 0 bridgehead atoms. The van der Waals surface area contributed by atoms with Crippen molar-refractivity contribution in [2.45, 2.75) is 26.7 Å². The first-order valence-electron chi connectivity index (χ1n) is 4.80. The van der Waals surface area contributed by atoms with E-state index >= 15 is 0 Å². The smallest absolute Gasteiger partial charge is 0.374 e. The lowest BCUT2D eigenvalue weighted by Gasteiger charge is -2.03. The monoisotopic (exact) mass is 230 g/mol. The SMILES string of the molecule is CC(=O)C(=O)OCCCCOC(=O)C(C)=O. The Bertz CT molecular complexity index is 264. The summed E-state index contributed by atoms with van der Waals surface area (Å²) in [7, 11) is 0. The van der Waals surface area contributed by atoms with Crippen molar-refractivity contribution in [2.75, 3.05) is 13.2 Å². The van der Waals surface area contributed by atoms with E-state index in [1.54, 1.807) is 0 Å². The number of ketones is 2. The number of carbonyl (C=O) groups is 4. The lowest BCUT2D eigenvalue weighted by Crippen LogP contribution is -2.16. The molecule has 0 amide bonds. The fraction of sp³-hybridized carbons (Fsp3) is 0.600. The highest BCUT2D eigenvalue weighted by molar-refractivity contribution is 6.32. The molecule has 0 saturated heterocycles. The zero-order chi connectivity index (χ0) is 12.6. The van der Waals surface area contributed by atoms with Crippen molar-refractivity contribution in [1.29, 1.82) is 0 Å². The van der Waals surface area contributed by atoms with E-state index in [1.807, 2.05) is 0 Å². The second kappa shape index (κ2) is 7.56. The molecule has 0 heterocycles. The van der Waals surface area contributed by atoms with E-state index in [-0.39, 0.29) is 13.2 Å². The molecule has 0 aliphatic carbocycles. The molecular formula is C10H14O6. The van der Waals surface area contributed by atoms with Gasteiger partial charge >= 0.3 is 11.9 Å². The Hall–Kier alpha value is -1.72. The van der Waals surface area contributed by atoms with Gasteiger partial charge in [-0.3, -0.25) is 9.59 Å². The van der Waals surface area contributed by atoms with Crippen molar-refractivity contribution in [2.24, 2.45) is 0 Å². The second-order valence-corrected chi connectivity index (χ2v) is 3.09. The molecule has 6 heteroatoms. The van der Waals surface area contributed by atoms with Gasteiger partial charge < -0.3 is 9.47 Å². The van der Waals surface area contributed by atoms with Crippen LogP contribution in [0.2, 0.25) is 0 Å². The zero-order valence-corrected chi connectivity index (χ0v) is 9.28. The molecule has 0 N–H and O–H groups in total. The van der Waals surface area contributed by atoms with Crippen LogP contribution in [0.15, 0.2) is 0 Å². The summed E-state index contributed by atoms with van der Waals surface area (Å²) < 4.78 is 9.12. The van der Waals surface area contributed by atoms with Crippen molar-refractivity contribution in [1.82, 2.24) is 0 Å². The molecule has 0 saturated carbocycles. The number of rotatable bonds is 7. The third-order valence-corrected chi connectivity index (χ3v) is 1.58. The van der Waals surface area contributed by atoms with Gasteiger partial charge in [-0.05, 0) is 12.8 Å². The molecule has 0 atom stereocenters. The van der Waals surface area contributed by atoms with Gasteiger partial charge in [0, 0.05) is 13.8 Å². The number of hydrogen-bond acceptors (Lipinski definition) is 6. The van der Waals surface area contributed by atoms with E-state index in [0.29, 0.717) is 12.8 Å². The van der Waals surface area contributed by atoms with Crippen molar-refractivity contribution >= 4 is 23.5 Å². The summed E-state index contributed by atoms with van der Waals surface area (Å²) in [5.74, 6) is -3.05. The van der Waals surface area contributed by atoms with Crippen LogP contribution in [-0.2, 0) is 28.7 Å². The summed E-state index contributed by atoms with van der Waals surface area (Å²) in [6.07, 6.45) is 0.925. The fourth-order valence-electron chi connectivity index (χ4n) is 0.737. The highest BCUT2D eigenvalue weighted by Crippen LogP contribution is 1.93. The Morgan fingerprint density at radius 1 is 0.750 bits per heavy atom. The molecule has 0 aromatic heterocycles. The Labute approximate surface area is 92.9 Å². The molecule has 0 radical (unpaired) electrons. The Balaban J connectivity index is 3.41. The van der Waals surface area contributed by atoms with Gasteiger partial charge in [0.1, 0.15) is 0 Å². The lowest BCUT2D eigenvalue weighted by atomic mass is 10.3. The van der Waals surface area contributed by atoms with Crippen molar-refractivity contribution < 1.29 is 28.7 Å². The zero-order valence-electron chi connectivity index (χ0n) is 9.28. The number of unbranched alkanes of at least 4 members (excludes halogenated alkanes) is 1. The van der Waals surface area contributed by atoms with Gasteiger partial charge in [0.05, 0.1) is 13.2 Å². The van der Waals surface area contributed by atoms with Crippen molar-refractivity contribution in [3.05, 3.63) is 0 Å². The van der Waals surface area contributed by atoms with Gasteiger partial charge in [-0.15, -0.1) is 0 Å². The number of Topliss-reactive ketones (excluding diaryl/α,β-unsaturated/α-hetero) is 2. The largest absolute Gasteiger partial charge is 0.460 e. The molecular weight excluding hydrogens is 216 g/mol. The van der Waals surface area contributed by atoms with E-state index in [0.717, 1.165) is 13.8 Å². The van der Waals surface area contributed by atoms with E-state index in [4.69, 9.17) is 0 Å². The molecule has 0 spiro atoms. The van der Waals surface area contributed by atoms with Gasteiger partial charge in [-0.1, -0.05) is 0 Å². The first kappa shape index (κ1) is 14.3. The summed E-state index contributed by atoms with van der Waals surface area (Å²) >= 11 is 0. The van der Waals surface area contributed by atoms with Gasteiger partial charge in [0.15, 0.2) is 0 Å². The minimum absolute atomic E-state index is 0.0933. The second-order valence-electron chi connectivity index (χ2n) is 3.09. The number of esters is 2. The third kappa shape index (κ3) is 6.69. The molecule has 0 rings (SSSR count). The van der Waals surface area contributed by atoms with E-state index in [2.05, 4.69) is 9.47 Å². The van der Waals surface area contributed by atoms with Crippen molar-refractivity contribution in [3.8, 4) is 0 Å². The molecule has 0 aromatic rings. The Morgan fingerprint density at radius 3 is 1.31 bits per heavy atom. The van der Waals surface area contributed by atoms with Crippen molar-refractivity contribution in [3.63, 3.8) is 0 Å². The minimum atomic E-state index is -0.874. The van der Waals surface area contributed by atoms with Crippen LogP contribution in [-0.4, -0.2) is 36.7 Å². The standard InChI is InChI=1S/C10H14O6/c1-7(11)9(13)15-5-3-4-6-16-10(14)8(2)12/h3-6H2,1-2H3. The predicted molar refractivity (Wildman–Crippen MR) is 52.5 cm³/mol. The maximum absolute atomic E-state index is 10.7. The summed E-state index contributed by atoms with van der Waals surface area (Å²) in [6.45, 7) is 2.43. The molecule has 0 unspecified atom stereocenters. The summed E-state index contributed by atoms with van der Waals surface area (Å²) in [5, 5.41) is 0. The summed E-state index contributed by atoms with van der Waals surface area (Å²) in [4.78, 5) is 42.2. The summed E-state index contributed by atoms with van der Waals surface area (Å²) in [6, 6.07) is 0. The molecule has 0 aliphatic rings. The maximum atomic E-state index is 10.7. The van der Waals surface area contributed by atoms with Gasteiger partial charge in [0.2, 0.25) is 11.6 Å². The van der Waals surface area contributed by atoms with E-state index in [9.17, 15) is 19.2 Å². The number of hydrogen-bond donors (Lipinski definition) is 0. The Kier molecular flexibility index (Phi) is 6.74. The molecule has 6 nitrogen and oxygen atoms in total. The topological polar surface area (TPSA) is 86.7 Å². The van der Waals surface area contributed by atoms with E-state index < -0.39 is 23.5 Å². The van der Waals surface area contributed by atoms with Gasteiger partial charge in [-0.2, -0.15) is 0 Å². The Morgan fingerprint density at radius 2 is 1.06 bits per heavy atom. The first-order valence-corrected chi connectivity index (χ1v) is 4.80. The van der Waals surface area contributed by atoms with Crippen LogP contribution in [0.1, 0.15) is 26.7 Å². The van der Waals surface area contributed by atoms with Gasteiger partial charge in [-0.25, -0.2) is 9.59 Å². The van der Waals surface area contributed by atoms with Crippen LogP contribution in [0.3, 0.4) is 0 Å². The van der Waals surface area contributed by atoms with Gasteiger partial charge in [0.25, 0.3) is 0 Å². The minimum Gasteiger partial charge on any atom is -0.460 e.